The molecule has 0 aliphatic carbocycles. The molecule has 7 nitrogen and oxygen atoms in total. The number of halogens is 3. The van der Waals surface area contributed by atoms with Gasteiger partial charge in [0.15, 0.2) is 17.5 Å². The van der Waals surface area contributed by atoms with Gasteiger partial charge in [0.2, 0.25) is 0 Å². The van der Waals surface area contributed by atoms with Gasteiger partial charge in [-0.1, -0.05) is 29.3 Å². The van der Waals surface area contributed by atoms with Crippen LogP contribution in [-0.4, -0.2) is 49.8 Å². The molecule has 10 heteroatoms. The van der Waals surface area contributed by atoms with Crippen molar-refractivity contribution in [1.82, 2.24) is 24.6 Å². The molecule has 1 aromatic carbocycles. The third kappa shape index (κ3) is 2.90. The van der Waals surface area contributed by atoms with Gasteiger partial charge in [-0.3, -0.25) is 4.79 Å². The Morgan fingerprint density at radius 2 is 2.03 bits per heavy atom. The van der Waals surface area contributed by atoms with Gasteiger partial charge < -0.3 is 14.2 Å². The van der Waals surface area contributed by atoms with E-state index in [-0.39, 0.29) is 29.3 Å². The number of amides is 1. The van der Waals surface area contributed by atoms with Crippen LogP contribution in [0, 0.1) is 5.82 Å². The maximum absolute atomic E-state index is 14.3. The second-order valence-corrected chi connectivity index (χ2v) is 7.63. The number of pyridine rings is 1. The Balaban J connectivity index is 1.57. The summed E-state index contributed by atoms with van der Waals surface area (Å²) in [5.74, 6) is 0.124. The van der Waals surface area contributed by atoms with E-state index >= 15 is 0 Å². The zero-order valence-corrected chi connectivity index (χ0v) is 16.4. The molecule has 29 heavy (non-hydrogen) atoms. The lowest BCUT2D eigenvalue weighted by Crippen LogP contribution is -2.56. The number of rotatable bonds is 2. The molecule has 0 spiro atoms. The fraction of sp³-hybridized carbons (Fsp3) is 0.263. The number of carbonyl (C=O) groups is 1. The highest BCUT2D eigenvalue weighted by Crippen LogP contribution is 2.37. The minimum Gasteiger partial charge on any atom is -0.377 e. The van der Waals surface area contributed by atoms with E-state index in [1.54, 1.807) is 23.1 Å². The molecule has 2 unspecified atom stereocenters. The quantitative estimate of drug-likeness (QED) is 0.619. The average molecular weight is 434 g/mol. The van der Waals surface area contributed by atoms with Crippen molar-refractivity contribution < 1.29 is 13.9 Å². The monoisotopic (exact) mass is 433 g/mol. The summed E-state index contributed by atoms with van der Waals surface area (Å²) in [5, 5.41) is 8.91. The van der Waals surface area contributed by atoms with Crippen molar-refractivity contribution in [3.8, 4) is 11.5 Å². The molecule has 3 aromatic rings. The Labute approximate surface area is 175 Å². The van der Waals surface area contributed by atoms with Crippen molar-refractivity contribution in [3.63, 3.8) is 0 Å². The minimum atomic E-state index is -0.478. The van der Waals surface area contributed by atoms with Crippen LogP contribution in [0.15, 0.2) is 36.5 Å². The lowest BCUT2D eigenvalue weighted by molar-refractivity contribution is -0.0569. The maximum atomic E-state index is 14.3. The summed E-state index contributed by atoms with van der Waals surface area (Å²) in [6.07, 6.45) is 1.50. The van der Waals surface area contributed by atoms with Crippen LogP contribution >= 0.6 is 23.2 Å². The molecule has 2 atom stereocenters. The molecule has 1 fully saturated rings. The third-order valence-electron chi connectivity index (χ3n) is 5.17. The molecule has 2 aromatic heterocycles. The Bertz CT molecular complexity index is 1120. The lowest BCUT2D eigenvalue weighted by Gasteiger charge is -2.45. The highest BCUT2D eigenvalue weighted by Gasteiger charge is 2.44. The number of ether oxygens (including phenoxy) is 1. The van der Waals surface area contributed by atoms with Crippen LogP contribution in [0.4, 0.5) is 4.39 Å². The van der Waals surface area contributed by atoms with Gasteiger partial charge in [0.05, 0.1) is 34.9 Å². The van der Waals surface area contributed by atoms with E-state index in [0.717, 1.165) is 0 Å². The van der Waals surface area contributed by atoms with Crippen LogP contribution in [-0.2, 0) is 11.3 Å². The summed E-state index contributed by atoms with van der Waals surface area (Å²) in [5.41, 5.74) is 0.447. The number of nitrogens with zero attached hydrogens (tertiary/aromatic N) is 5. The van der Waals surface area contributed by atoms with E-state index in [9.17, 15) is 9.18 Å². The number of carbonyl (C=O) groups excluding carboxylic acids is 1. The Hall–Kier alpha value is -2.55. The molecular formula is C19H14Cl2FN5O2. The van der Waals surface area contributed by atoms with Crippen molar-refractivity contribution in [2.24, 2.45) is 0 Å². The third-order valence-corrected chi connectivity index (χ3v) is 5.99. The Morgan fingerprint density at radius 1 is 1.17 bits per heavy atom. The number of hydrogen-bond donors (Lipinski definition) is 0. The Kier molecular flexibility index (Phi) is 4.49. The summed E-state index contributed by atoms with van der Waals surface area (Å²) in [7, 11) is 0. The van der Waals surface area contributed by atoms with Crippen LogP contribution in [0.1, 0.15) is 22.2 Å². The SMILES string of the molecule is O=C(c1cccc(Cl)c1Cl)N1C2COCC1c1nnc(-c3ncccc3F)n1C2. The summed E-state index contributed by atoms with van der Waals surface area (Å²) in [4.78, 5) is 19.1. The van der Waals surface area contributed by atoms with Gasteiger partial charge in [0.1, 0.15) is 11.7 Å². The zero-order chi connectivity index (χ0) is 20.1. The smallest absolute Gasteiger partial charge is 0.256 e. The fourth-order valence-electron chi connectivity index (χ4n) is 3.86. The normalized spacial score (nSPS) is 20.4. The van der Waals surface area contributed by atoms with E-state index in [2.05, 4.69) is 15.2 Å². The summed E-state index contributed by atoms with van der Waals surface area (Å²) in [6, 6.07) is 7.04. The molecule has 5 rings (SSSR count). The average Bonchev–Trinajstić information content (AvgIpc) is 3.13. The first-order chi connectivity index (χ1) is 14.1. The number of morpholine rings is 1. The number of aromatic nitrogens is 4. The van der Waals surface area contributed by atoms with E-state index in [4.69, 9.17) is 27.9 Å². The molecule has 1 saturated heterocycles. The Morgan fingerprint density at radius 3 is 2.86 bits per heavy atom. The first-order valence-electron chi connectivity index (χ1n) is 8.94. The van der Waals surface area contributed by atoms with Crippen LogP contribution in [0.25, 0.3) is 11.5 Å². The molecule has 148 valence electrons. The van der Waals surface area contributed by atoms with Crippen molar-refractivity contribution in [1.29, 1.82) is 0 Å². The summed E-state index contributed by atoms with van der Waals surface area (Å²) >= 11 is 12.4. The first kappa shape index (κ1) is 18.5. The minimum absolute atomic E-state index is 0.128. The molecule has 0 N–H and O–H groups in total. The fourth-order valence-corrected chi connectivity index (χ4v) is 4.24. The molecule has 2 aliphatic rings. The van der Waals surface area contributed by atoms with E-state index in [0.29, 0.717) is 35.4 Å². The van der Waals surface area contributed by atoms with Gasteiger partial charge in [-0.15, -0.1) is 10.2 Å². The van der Waals surface area contributed by atoms with Gasteiger partial charge in [-0.25, -0.2) is 9.37 Å². The summed E-state index contributed by atoms with van der Waals surface area (Å²) < 4.78 is 21.8. The van der Waals surface area contributed by atoms with Crippen LogP contribution in [0.2, 0.25) is 10.0 Å². The van der Waals surface area contributed by atoms with E-state index in [1.165, 1.54) is 18.3 Å². The van der Waals surface area contributed by atoms with Crippen LogP contribution < -0.4 is 0 Å². The summed E-state index contributed by atoms with van der Waals surface area (Å²) in [6.45, 7) is 0.944. The van der Waals surface area contributed by atoms with E-state index in [1.807, 2.05) is 4.57 Å². The highest BCUT2D eigenvalue weighted by molar-refractivity contribution is 6.43. The van der Waals surface area contributed by atoms with Gasteiger partial charge in [-0.2, -0.15) is 0 Å². The van der Waals surface area contributed by atoms with Gasteiger partial charge in [-0.05, 0) is 24.3 Å². The first-order valence-corrected chi connectivity index (χ1v) is 9.70. The van der Waals surface area contributed by atoms with Gasteiger partial charge in [0.25, 0.3) is 5.91 Å². The number of benzene rings is 1. The lowest BCUT2D eigenvalue weighted by atomic mass is 10.0. The molecule has 0 saturated carbocycles. The van der Waals surface area contributed by atoms with Crippen molar-refractivity contribution in [3.05, 3.63) is 63.8 Å². The molecule has 2 aliphatic heterocycles. The molecule has 4 heterocycles. The zero-order valence-electron chi connectivity index (χ0n) is 14.9. The molecule has 0 radical (unpaired) electrons. The predicted molar refractivity (Wildman–Crippen MR) is 103 cm³/mol. The van der Waals surface area contributed by atoms with Crippen molar-refractivity contribution in [2.45, 2.75) is 18.6 Å². The predicted octanol–water partition coefficient (Wildman–Crippen LogP) is 3.38. The second-order valence-electron chi connectivity index (χ2n) is 6.85. The van der Waals surface area contributed by atoms with Gasteiger partial charge in [0, 0.05) is 12.7 Å². The molecular weight excluding hydrogens is 420 g/mol. The van der Waals surface area contributed by atoms with Gasteiger partial charge >= 0.3 is 0 Å². The standard InChI is InChI=1S/C19H14Cl2FN5O2/c20-12-4-1-3-11(15(12)21)19(28)27-10-7-26-17(14(27)9-29-8-10)24-25-18(26)16-13(22)5-2-6-23-16/h1-6,10,14H,7-9H2. The second kappa shape index (κ2) is 7.05. The molecule has 2 bridgehead atoms. The number of fused-ring (bicyclic) bond motifs is 4. The highest BCUT2D eigenvalue weighted by atomic mass is 35.5. The number of hydrogen-bond acceptors (Lipinski definition) is 5. The van der Waals surface area contributed by atoms with Crippen molar-refractivity contribution in [2.75, 3.05) is 13.2 Å². The molecule has 1 amide bonds. The van der Waals surface area contributed by atoms with Crippen LogP contribution in [0.3, 0.4) is 0 Å². The van der Waals surface area contributed by atoms with E-state index < -0.39 is 11.9 Å². The largest absolute Gasteiger partial charge is 0.377 e. The maximum Gasteiger partial charge on any atom is 0.256 e. The topological polar surface area (TPSA) is 73.1 Å². The van der Waals surface area contributed by atoms with Crippen LogP contribution in [0.5, 0.6) is 0 Å². The van der Waals surface area contributed by atoms with Crippen molar-refractivity contribution >= 4 is 29.1 Å².